The van der Waals surface area contributed by atoms with Crippen LogP contribution in [0.1, 0.15) is 50.6 Å². The molecular formula is C24H22N4O6. The first-order chi connectivity index (χ1) is 16.4. The Bertz CT molecular complexity index is 1290. The number of furan rings is 1. The molecule has 0 unspecified atom stereocenters. The minimum Gasteiger partial charge on any atom is -0.465 e. The predicted molar refractivity (Wildman–Crippen MR) is 125 cm³/mol. The van der Waals surface area contributed by atoms with Crippen LogP contribution < -0.4 is 10.7 Å². The number of fused-ring (bicyclic) bond motifs is 1. The lowest BCUT2D eigenvalue weighted by Gasteiger charge is -2.13. The summed E-state index contributed by atoms with van der Waals surface area (Å²) in [6, 6.07) is 12.5. The van der Waals surface area contributed by atoms with Gasteiger partial charge < -0.3 is 14.5 Å². The molecule has 0 saturated heterocycles. The summed E-state index contributed by atoms with van der Waals surface area (Å²) in [4.78, 5) is 35.4. The summed E-state index contributed by atoms with van der Waals surface area (Å²) < 4.78 is 10.7. The number of hydrogen-bond donors (Lipinski definition) is 2. The molecule has 10 heteroatoms. The van der Waals surface area contributed by atoms with Crippen LogP contribution in [-0.2, 0) is 11.2 Å². The molecule has 1 heterocycles. The van der Waals surface area contributed by atoms with Crippen LogP contribution >= 0.6 is 0 Å². The second kappa shape index (κ2) is 9.57. The number of hydrogen-bond acceptors (Lipinski definition) is 8. The third kappa shape index (κ3) is 4.51. The van der Waals surface area contributed by atoms with Crippen molar-refractivity contribution in [2.45, 2.75) is 26.2 Å². The fourth-order valence-electron chi connectivity index (χ4n) is 3.85. The van der Waals surface area contributed by atoms with Gasteiger partial charge >= 0.3 is 5.97 Å². The van der Waals surface area contributed by atoms with Gasteiger partial charge in [0.25, 0.3) is 11.6 Å². The lowest BCUT2D eigenvalue weighted by Crippen LogP contribution is -2.16. The SMILES string of the molecule is COC(=O)c1ccccc1NC(=O)c1oc2c(c1C)/C(=N/Nc1ccc([N+](=O)[O-])cc1)CCC2. The highest BCUT2D eigenvalue weighted by molar-refractivity contribution is 6.10. The fourth-order valence-corrected chi connectivity index (χ4v) is 3.85. The summed E-state index contributed by atoms with van der Waals surface area (Å²) in [6.07, 6.45) is 2.14. The van der Waals surface area contributed by atoms with Crippen LogP contribution in [0.15, 0.2) is 58.0 Å². The summed E-state index contributed by atoms with van der Waals surface area (Å²) >= 11 is 0. The minimum absolute atomic E-state index is 0.00624. The molecule has 174 valence electrons. The van der Waals surface area contributed by atoms with Crippen LogP contribution in [0.5, 0.6) is 0 Å². The summed E-state index contributed by atoms with van der Waals surface area (Å²) in [5.74, 6) is -0.224. The Kier molecular flexibility index (Phi) is 6.39. The number of para-hydroxylation sites is 1. The van der Waals surface area contributed by atoms with Crippen molar-refractivity contribution in [3.63, 3.8) is 0 Å². The third-order valence-corrected chi connectivity index (χ3v) is 5.51. The van der Waals surface area contributed by atoms with Gasteiger partial charge in [0.15, 0.2) is 5.76 Å². The van der Waals surface area contributed by atoms with Gasteiger partial charge in [-0.2, -0.15) is 5.10 Å². The lowest BCUT2D eigenvalue weighted by molar-refractivity contribution is -0.384. The highest BCUT2D eigenvalue weighted by Crippen LogP contribution is 2.31. The van der Waals surface area contributed by atoms with E-state index in [2.05, 4.69) is 15.8 Å². The highest BCUT2D eigenvalue weighted by Gasteiger charge is 2.28. The average Bonchev–Trinajstić information content (AvgIpc) is 3.20. The largest absolute Gasteiger partial charge is 0.465 e. The molecule has 0 fully saturated rings. The molecule has 0 aliphatic heterocycles. The predicted octanol–water partition coefficient (Wildman–Crippen LogP) is 4.69. The number of nitrogens with zero attached hydrogens (tertiary/aromatic N) is 2. The number of ether oxygens (including phenoxy) is 1. The maximum Gasteiger partial charge on any atom is 0.339 e. The molecule has 1 aliphatic carbocycles. The van der Waals surface area contributed by atoms with Gasteiger partial charge in [-0.3, -0.25) is 20.3 Å². The quantitative estimate of drug-likeness (QED) is 0.308. The van der Waals surface area contributed by atoms with Crippen LogP contribution in [0.4, 0.5) is 17.1 Å². The van der Waals surface area contributed by atoms with Gasteiger partial charge in [0.2, 0.25) is 0 Å². The third-order valence-electron chi connectivity index (χ3n) is 5.51. The first-order valence-corrected chi connectivity index (χ1v) is 10.6. The van der Waals surface area contributed by atoms with Crippen molar-refractivity contribution in [1.82, 2.24) is 0 Å². The Morgan fingerprint density at radius 1 is 1.12 bits per heavy atom. The zero-order valence-corrected chi connectivity index (χ0v) is 18.6. The van der Waals surface area contributed by atoms with Crippen molar-refractivity contribution in [2.75, 3.05) is 17.9 Å². The molecule has 34 heavy (non-hydrogen) atoms. The van der Waals surface area contributed by atoms with Crippen molar-refractivity contribution >= 4 is 34.7 Å². The number of nitrogens with one attached hydrogen (secondary N) is 2. The number of non-ortho nitro benzene ring substituents is 1. The van der Waals surface area contributed by atoms with E-state index in [-0.39, 0.29) is 17.0 Å². The Labute approximate surface area is 194 Å². The van der Waals surface area contributed by atoms with Crippen molar-refractivity contribution in [1.29, 1.82) is 0 Å². The van der Waals surface area contributed by atoms with Gasteiger partial charge in [0, 0.05) is 29.7 Å². The number of esters is 1. The number of carbonyl (C=O) groups is 2. The molecule has 1 aliphatic rings. The van der Waals surface area contributed by atoms with Crippen LogP contribution in [-0.4, -0.2) is 29.6 Å². The van der Waals surface area contributed by atoms with E-state index < -0.39 is 16.8 Å². The van der Waals surface area contributed by atoms with E-state index in [0.29, 0.717) is 35.5 Å². The minimum atomic E-state index is -0.557. The number of nitro groups is 1. The molecule has 1 aromatic heterocycles. The first-order valence-electron chi connectivity index (χ1n) is 10.6. The van der Waals surface area contributed by atoms with Crippen LogP contribution in [0.3, 0.4) is 0 Å². The Morgan fingerprint density at radius 3 is 2.56 bits per heavy atom. The summed E-state index contributed by atoms with van der Waals surface area (Å²) in [6.45, 7) is 1.79. The number of hydrazone groups is 1. The summed E-state index contributed by atoms with van der Waals surface area (Å²) in [5.41, 5.74) is 6.23. The Morgan fingerprint density at radius 2 is 1.85 bits per heavy atom. The number of carbonyl (C=O) groups excluding carboxylic acids is 2. The van der Waals surface area contributed by atoms with Crippen molar-refractivity contribution in [2.24, 2.45) is 5.10 Å². The van der Waals surface area contributed by atoms with E-state index >= 15 is 0 Å². The normalized spacial score (nSPS) is 13.8. The molecule has 2 N–H and O–H groups in total. The fraction of sp³-hybridized carbons (Fsp3) is 0.208. The number of anilines is 2. The maximum absolute atomic E-state index is 13.0. The first kappa shape index (κ1) is 22.7. The second-order valence-corrected chi connectivity index (χ2v) is 7.67. The van der Waals surface area contributed by atoms with Gasteiger partial charge in [-0.05, 0) is 44.0 Å². The van der Waals surface area contributed by atoms with E-state index in [0.717, 1.165) is 17.7 Å². The molecule has 2 aromatic carbocycles. The van der Waals surface area contributed by atoms with Crippen molar-refractivity contribution < 1.29 is 23.7 Å². The molecule has 0 bridgehead atoms. The number of benzene rings is 2. The Hall–Kier alpha value is -4.47. The number of amides is 1. The van der Waals surface area contributed by atoms with Crippen LogP contribution in [0, 0.1) is 17.0 Å². The molecule has 10 nitrogen and oxygen atoms in total. The van der Waals surface area contributed by atoms with E-state index in [1.54, 1.807) is 43.3 Å². The van der Waals surface area contributed by atoms with Gasteiger partial charge in [0.05, 0.1) is 34.7 Å². The number of nitro benzene ring substituents is 1. The standard InChI is InChI=1S/C24H22N4O6/c1-14-21-19(27-26-15-10-12-16(13-11-15)28(31)32)8-5-9-20(21)34-22(14)23(29)25-18-7-4-3-6-17(18)24(30)33-2/h3-4,6-7,10-13,26H,5,8-9H2,1-2H3,(H,25,29)/b27-19+. The molecular weight excluding hydrogens is 440 g/mol. The summed E-state index contributed by atoms with van der Waals surface area (Å²) in [7, 11) is 1.28. The monoisotopic (exact) mass is 462 g/mol. The zero-order chi connectivity index (χ0) is 24.2. The summed E-state index contributed by atoms with van der Waals surface area (Å²) in [5, 5.41) is 18.0. The lowest BCUT2D eigenvalue weighted by atomic mass is 9.93. The van der Waals surface area contributed by atoms with E-state index in [1.165, 1.54) is 19.2 Å². The molecule has 1 amide bonds. The molecule has 4 rings (SSSR count). The van der Waals surface area contributed by atoms with Crippen LogP contribution in [0.25, 0.3) is 0 Å². The van der Waals surface area contributed by atoms with Gasteiger partial charge in [-0.15, -0.1) is 0 Å². The molecule has 0 saturated carbocycles. The maximum atomic E-state index is 13.0. The van der Waals surface area contributed by atoms with Gasteiger partial charge in [-0.1, -0.05) is 12.1 Å². The Balaban J connectivity index is 1.58. The smallest absolute Gasteiger partial charge is 0.339 e. The van der Waals surface area contributed by atoms with Gasteiger partial charge in [-0.25, -0.2) is 4.79 Å². The van der Waals surface area contributed by atoms with Gasteiger partial charge in [0.1, 0.15) is 5.76 Å². The van der Waals surface area contributed by atoms with Crippen molar-refractivity contribution in [3.8, 4) is 0 Å². The van der Waals surface area contributed by atoms with E-state index in [9.17, 15) is 19.7 Å². The number of methoxy groups -OCH3 is 1. The van der Waals surface area contributed by atoms with Crippen LogP contribution in [0.2, 0.25) is 0 Å². The van der Waals surface area contributed by atoms with Crippen molar-refractivity contribution in [3.05, 3.63) is 86.9 Å². The van der Waals surface area contributed by atoms with E-state index in [4.69, 9.17) is 9.15 Å². The topological polar surface area (TPSA) is 136 Å². The zero-order valence-electron chi connectivity index (χ0n) is 18.6. The molecule has 0 spiro atoms. The number of aryl methyl sites for hydroxylation is 1. The molecule has 0 atom stereocenters. The second-order valence-electron chi connectivity index (χ2n) is 7.67. The highest BCUT2D eigenvalue weighted by atomic mass is 16.6. The average molecular weight is 462 g/mol. The van der Waals surface area contributed by atoms with E-state index in [1.807, 2.05) is 0 Å². The number of rotatable bonds is 6. The molecule has 0 radical (unpaired) electrons. The molecule has 3 aromatic rings.